The van der Waals surface area contributed by atoms with E-state index in [0.29, 0.717) is 11.4 Å². The highest BCUT2D eigenvalue weighted by Crippen LogP contribution is 2.22. The third-order valence-electron chi connectivity index (χ3n) is 6.45. The van der Waals surface area contributed by atoms with Crippen LogP contribution in [0, 0.1) is 6.92 Å². The molecule has 0 unspecified atom stereocenters. The van der Waals surface area contributed by atoms with E-state index in [9.17, 15) is 9.90 Å². The summed E-state index contributed by atoms with van der Waals surface area (Å²) in [7, 11) is 0. The third kappa shape index (κ3) is 12.9. The lowest BCUT2D eigenvalue weighted by Gasteiger charge is -2.12. The van der Waals surface area contributed by atoms with Gasteiger partial charge in [-0.25, -0.2) is 0 Å². The van der Waals surface area contributed by atoms with Crippen molar-refractivity contribution in [3.05, 3.63) is 51.7 Å². The number of carbonyl (C=O) groups is 1. The van der Waals surface area contributed by atoms with Crippen LogP contribution in [0.15, 0.2) is 30.0 Å². The Hall–Kier alpha value is -3.19. The smallest absolute Gasteiger partial charge is 0.253 e. The lowest BCUT2D eigenvalue weighted by molar-refractivity contribution is 0.100. The van der Waals surface area contributed by atoms with E-state index >= 15 is 0 Å². The molecule has 0 aliphatic heterocycles. The van der Waals surface area contributed by atoms with Crippen LogP contribution in [0.5, 0.6) is 5.75 Å². The van der Waals surface area contributed by atoms with Gasteiger partial charge in [0.25, 0.3) is 5.91 Å². The second-order valence-corrected chi connectivity index (χ2v) is 10.0. The largest absolute Gasteiger partial charge is 0.508 e. The zero-order valence-corrected chi connectivity index (χ0v) is 27.2. The van der Waals surface area contributed by atoms with E-state index in [1.54, 1.807) is 12.1 Å². The van der Waals surface area contributed by atoms with Crippen molar-refractivity contribution < 1.29 is 19.4 Å². The number of nitrogens with two attached hydrogens (primary N) is 2. The van der Waals surface area contributed by atoms with Crippen molar-refractivity contribution in [1.82, 2.24) is 4.57 Å². The van der Waals surface area contributed by atoms with E-state index in [2.05, 4.69) is 27.7 Å². The van der Waals surface area contributed by atoms with Gasteiger partial charge < -0.3 is 26.0 Å². The summed E-state index contributed by atoms with van der Waals surface area (Å²) in [5.74, 6) is 0.939. The molecule has 5 N–H and O–H groups in total. The molecule has 0 saturated heterocycles. The molecule has 0 saturated carbocycles. The number of phenolic OH excluding ortho intramolecular Hbond substituents is 1. The van der Waals surface area contributed by atoms with Crippen molar-refractivity contribution in [2.24, 2.45) is 5.73 Å². The molecule has 7 nitrogen and oxygen atoms in total. The van der Waals surface area contributed by atoms with Gasteiger partial charge >= 0.3 is 0 Å². The van der Waals surface area contributed by atoms with Crippen LogP contribution < -0.4 is 22.0 Å². The highest BCUT2D eigenvalue weighted by Gasteiger charge is 2.20. The number of nitrogens with zero attached hydrogens (tertiary/aromatic N) is 1. The first kappa shape index (κ1) is 37.8. The molecular formula is C34H57N3O4. The Balaban J connectivity index is 0.000000775. The summed E-state index contributed by atoms with van der Waals surface area (Å²) >= 11 is 0. The second kappa shape index (κ2) is 21.5. The Morgan fingerprint density at radius 2 is 1.63 bits per heavy atom. The van der Waals surface area contributed by atoms with Crippen LogP contribution in [0.1, 0.15) is 116 Å². The summed E-state index contributed by atoms with van der Waals surface area (Å²) in [5.41, 5.74) is 15.0. The van der Waals surface area contributed by atoms with Gasteiger partial charge in [0.05, 0.1) is 29.0 Å². The number of anilines is 1. The lowest BCUT2D eigenvalue weighted by Crippen LogP contribution is -2.34. The van der Waals surface area contributed by atoms with E-state index in [1.165, 1.54) is 19.3 Å². The molecule has 0 atom stereocenters. The van der Waals surface area contributed by atoms with E-state index in [1.807, 2.05) is 57.4 Å². The number of primary amides is 1. The van der Waals surface area contributed by atoms with Crippen molar-refractivity contribution >= 4 is 23.4 Å². The SMILES string of the molecule is C/C=C(\C)OCCCCC.CC/C=c1\c(C(N)=O)c(N)n(-c2cc(O)ccc2C)c1=C(C)CC.CCCOCCC. The molecule has 0 aliphatic carbocycles. The van der Waals surface area contributed by atoms with Crippen molar-refractivity contribution in [2.45, 2.75) is 107 Å². The molecule has 2 aromatic rings. The first-order chi connectivity index (χ1) is 19.6. The topological polar surface area (TPSA) is 113 Å². The summed E-state index contributed by atoms with van der Waals surface area (Å²) in [4.78, 5) is 12.0. The van der Waals surface area contributed by atoms with Gasteiger partial charge in [-0.15, -0.1) is 0 Å². The van der Waals surface area contributed by atoms with E-state index < -0.39 is 5.91 Å². The van der Waals surface area contributed by atoms with Crippen LogP contribution in [0.4, 0.5) is 5.82 Å². The number of allylic oxidation sites excluding steroid dienone is 2. The summed E-state index contributed by atoms with van der Waals surface area (Å²) in [6, 6.07) is 5.10. The zero-order valence-electron chi connectivity index (χ0n) is 27.2. The molecule has 0 spiro atoms. The number of hydrogen-bond acceptors (Lipinski definition) is 5. The molecule has 0 fully saturated rings. The average molecular weight is 572 g/mol. The molecule has 1 heterocycles. The minimum Gasteiger partial charge on any atom is -0.508 e. The fraction of sp³-hybridized carbons (Fsp3) is 0.559. The summed E-state index contributed by atoms with van der Waals surface area (Å²) in [6.07, 6.45) is 11.5. The Labute approximate surface area is 248 Å². The summed E-state index contributed by atoms with van der Waals surface area (Å²) in [6.45, 7) is 21.2. The normalized spacial score (nSPS) is 12.2. The number of hydrogen-bond donors (Lipinski definition) is 3. The van der Waals surface area contributed by atoms with Crippen LogP contribution in [0.3, 0.4) is 0 Å². The lowest BCUT2D eigenvalue weighted by atomic mass is 10.1. The highest BCUT2D eigenvalue weighted by atomic mass is 16.5. The summed E-state index contributed by atoms with van der Waals surface area (Å²) < 4.78 is 12.3. The van der Waals surface area contributed by atoms with Crippen molar-refractivity contribution in [3.8, 4) is 11.4 Å². The molecule has 1 amide bonds. The van der Waals surface area contributed by atoms with Crippen LogP contribution in [-0.2, 0) is 9.47 Å². The van der Waals surface area contributed by atoms with Crippen molar-refractivity contribution in [1.29, 1.82) is 0 Å². The van der Waals surface area contributed by atoms with Crippen molar-refractivity contribution in [2.75, 3.05) is 25.6 Å². The number of benzene rings is 1. The van der Waals surface area contributed by atoms with Crippen LogP contribution in [0.25, 0.3) is 17.3 Å². The van der Waals surface area contributed by atoms with Gasteiger partial charge in [0.15, 0.2) is 0 Å². The number of unbranched alkanes of at least 4 members (excludes halogenated alkanes) is 2. The molecule has 2 rings (SSSR count). The number of aromatic nitrogens is 1. The number of aromatic hydroxyl groups is 1. The standard InChI is InChI=1S/C19H25N3O2.C9H18O.C6H14O/c1-5-7-14-16(19(21)24)18(20)22(17(14)11(3)6-2)15-10-13(23)9-8-12(15)4;1-4-6-7-8-10-9(3)5-2;1-3-5-7-6-4-2/h7-10,23H,5-6,20H2,1-4H3,(H2,21,24);5H,4,6-8H2,1-3H3;3-6H2,1-2H3/b14-7+,17-11?;9-5+;. The number of ether oxygens (including phenoxy) is 2. The number of phenols is 1. The number of amides is 1. The molecule has 1 aromatic carbocycles. The Morgan fingerprint density at radius 3 is 2.12 bits per heavy atom. The molecule has 7 heteroatoms. The predicted octanol–water partition coefficient (Wildman–Crippen LogP) is 6.88. The maximum atomic E-state index is 12.0. The molecule has 1 aromatic heterocycles. The second-order valence-electron chi connectivity index (χ2n) is 10.0. The molecule has 0 bridgehead atoms. The monoisotopic (exact) mass is 571 g/mol. The van der Waals surface area contributed by atoms with E-state index in [0.717, 1.165) is 78.7 Å². The minimum absolute atomic E-state index is 0.144. The van der Waals surface area contributed by atoms with Gasteiger partial charge in [0.2, 0.25) is 0 Å². The van der Waals surface area contributed by atoms with Crippen molar-refractivity contribution in [3.63, 3.8) is 0 Å². The number of aryl methyl sites for hydroxylation is 1. The van der Waals surface area contributed by atoms with Crippen LogP contribution in [-0.4, -0.2) is 35.4 Å². The van der Waals surface area contributed by atoms with Gasteiger partial charge in [-0.3, -0.25) is 9.36 Å². The van der Waals surface area contributed by atoms with Gasteiger partial charge in [-0.1, -0.05) is 65.7 Å². The zero-order chi connectivity index (χ0) is 31.4. The molecule has 0 aliphatic rings. The first-order valence-corrected chi connectivity index (χ1v) is 15.2. The Kier molecular flexibility index (Phi) is 19.9. The van der Waals surface area contributed by atoms with Gasteiger partial charge in [-0.05, 0) is 77.0 Å². The van der Waals surface area contributed by atoms with Gasteiger partial charge in [-0.2, -0.15) is 0 Å². The Morgan fingerprint density at radius 1 is 1.00 bits per heavy atom. The molecule has 41 heavy (non-hydrogen) atoms. The summed E-state index contributed by atoms with van der Waals surface area (Å²) in [5, 5.41) is 11.5. The van der Waals surface area contributed by atoms with Crippen LogP contribution in [0.2, 0.25) is 0 Å². The number of carbonyl (C=O) groups excluding carboxylic acids is 1. The van der Waals surface area contributed by atoms with Crippen LogP contribution >= 0.6 is 0 Å². The average Bonchev–Trinajstić information content (AvgIpc) is 3.24. The maximum Gasteiger partial charge on any atom is 0.253 e. The fourth-order valence-electron chi connectivity index (χ4n) is 4.01. The molecule has 232 valence electrons. The third-order valence-corrected chi connectivity index (χ3v) is 6.45. The quantitative estimate of drug-likeness (QED) is 0.179. The van der Waals surface area contributed by atoms with Gasteiger partial charge in [0, 0.05) is 24.5 Å². The number of nitrogen functional groups attached to an aromatic ring is 1. The minimum atomic E-state index is -0.547. The Bertz CT molecular complexity index is 1190. The number of rotatable bonds is 13. The maximum absolute atomic E-state index is 12.0. The van der Waals surface area contributed by atoms with Gasteiger partial charge in [0.1, 0.15) is 11.6 Å². The molecule has 0 radical (unpaired) electrons. The molecular weight excluding hydrogens is 514 g/mol. The van der Waals surface area contributed by atoms with E-state index in [4.69, 9.17) is 20.9 Å². The fourth-order valence-corrected chi connectivity index (χ4v) is 4.01. The van der Waals surface area contributed by atoms with E-state index in [-0.39, 0.29) is 5.75 Å². The highest BCUT2D eigenvalue weighted by molar-refractivity contribution is 5.98. The first-order valence-electron chi connectivity index (χ1n) is 15.2. The predicted molar refractivity (Wildman–Crippen MR) is 175 cm³/mol.